The van der Waals surface area contributed by atoms with Gasteiger partial charge < -0.3 is 10.6 Å². The number of nitrogens with two attached hydrogens (primary N) is 1. The third kappa shape index (κ3) is 7.61. The number of pyridine rings is 1. The Hall–Kier alpha value is -0.930. The van der Waals surface area contributed by atoms with Gasteiger partial charge in [0.1, 0.15) is 0 Å². The molecule has 0 amide bonds. The van der Waals surface area contributed by atoms with Crippen molar-refractivity contribution in [1.82, 2.24) is 9.88 Å². The highest BCUT2D eigenvalue weighted by Crippen LogP contribution is 2.17. The molecule has 1 atom stereocenters. The molecule has 0 radical (unpaired) electrons. The van der Waals surface area contributed by atoms with E-state index in [9.17, 15) is 0 Å². The summed E-state index contributed by atoms with van der Waals surface area (Å²) >= 11 is 0. The molecule has 0 spiro atoms. The number of hydrogen-bond acceptors (Lipinski definition) is 3. The van der Waals surface area contributed by atoms with Gasteiger partial charge in [0.15, 0.2) is 0 Å². The minimum Gasteiger partial charge on any atom is -0.330 e. The lowest BCUT2D eigenvalue weighted by Crippen LogP contribution is -2.23. The molecule has 2 N–H and O–H groups in total. The van der Waals surface area contributed by atoms with Crippen LogP contribution in [0.25, 0.3) is 0 Å². The standard InChI is InChI=1S/C17H31N3/c1-3-5-16(7-11-18)6-4-14-20(2)15-10-17-8-12-19-13-9-17/h8-9,12-13,16H,3-7,10-11,14-15,18H2,1-2H3. The average molecular weight is 277 g/mol. The molecule has 0 saturated heterocycles. The molecular weight excluding hydrogens is 246 g/mol. The summed E-state index contributed by atoms with van der Waals surface area (Å²) in [5.74, 6) is 0.832. The fourth-order valence-corrected chi connectivity index (χ4v) is 2.71. The first-order valence-corrected chi connectivity index (χ1v) is 8.03. The molecular formula is C17H31N3. The van der Waals surface area contributed by atoms with Crippen LogP contribution in [0.15, 0.2) is 24.5 Å². The SMILES string of the molecule is CCCC(CCN)CCCN(C)CCc1ccncc1. The lowest BCUT2D eigenvalue weighted by molar-refractivity contribution is 0.307. The van der Waals surface area contributed by atoms with E-state index < -0.39 is 0 Å². The Morgan fingerprint density at radius 3 is 2.55 bits per heavy atom. The summed E-state index contributed by atoms with van der Waals surface area (Å²) < 4.78 is 0. The number of hydrogen-bond donors (Lipinski definition) is 1. The van der Waals surface area contributed by atoms with Crippen molar-refractivity contribution in [3.63, 3.8) is 0 Å². The van der Waals surface area contributed by atoms with Gasteiger partial charge in [-0.3, -0.25) is 4.98 Å². The van der Waals surface area contributed by atoms with E-state index in [-0.39, 0.29) is 0 Å². The van der Waals surface area contributed by atoms with Crippen molar-refractivity contribution in [2.75, 3.05) is 26.7 Å². The van der Waals surface area contributed by atoms with Crippen molar-refractivity contribution in [3.05, 3.63) is 30.1 Å². The third-order valence-electron chi connectivity index (χ3n) is 3.96. The van der Waals surface area contributed by atoms with Gasteiger partial charge >= 0.3 is 0 Å². The fourth-order valence-electron chi connectivity index (χ4n) is 2.71. The molecule has 0 aliphatic rings. The van der Waals surface area contributed by atoms with Crippen LogP contribution in [0, 0.1) is 5.92 Å². The molecule has 3 heteroatoms. The Labute approximate surface area is 124 Å². The van der Waals surface area contributed by atoms with Crippen molar-refractivity contribution in [3.8, 4) is 0 Å². The zero-order valence-electron chi connectivity index (χ0n) is 13.2. The predicted octanol–water partition coefficient (Wildman–Crippen LogP) is 3.10. The van der Waals surface area contributed by atoms with Gasteiger partial charge in [0, 0.05) is 18.9 Å². The van der Waals surface area contributed by atoms with Crippen LogP contribution in [-0.2, 0) is 6.42 Å². The summed E-state index contributed by atoms with van der Waals surface area (Å²) in [6.45, 7) is 5.42. The highest BCUT2D eigenvalue weighted by molar-refractivity contribution is 5.09. The number of nitrogens with zero attached hydrogens (tertiary/aromatic N) is 2. The van der Waals surface area contributed by atoms with E-state index in [1.54, 1.807) is 0 Å². The van der Waals surface area contributed by atoms with Gasteiger partial charge in [-0.05, 0) is 69.4 Å². The molecule has 3 nitrogen and oxygen atoms in total. The fraction of sp³-hybridized carbons (Fsp3) is 0.706. The zero-order chi connectivity index (χ0) is 14.6. The Bertz CT molecular complexity index is 320. The van der Waals surface area contributed by atoms with Crippen molar-refractivity contribution in [2.24, 2.45) is 11.7 Å². The number of rotatable bonds is 11. The number of likely N-dealkylation sites (N-methyl/N-ethyl adjacent to an activating group) is 1. The highest BCUT2D eigenvalue weighted by atomic mass is 15.1. The summed E-state index contributed by atoms with van der Waals surface area (Å²) in [4.78, 5) is 6.49. The largest absolute Gasteiger partial charge is 0.330 e. The summed E-state index contributed by atoms with van der Waals surface area (Å²) in [6.07, 6.45) is 11.3. The van der Waals surface area contributed by atoms with Crippen molar-refractivity contribution in [2.45, 2.75) is 45.4 Å². The van der Waals surface area contributed by atoms with Gasteiger partial charge in [-0.15, -0.1) is 0 Å². The van der Waals surface area contributed by atoms with Gasteiger partial charge in [0.25, 0.3) is 0 Å². The maximum absolute atomic E-state index is 5.69. The molecule has 1 aromatic rings. The second kappa shape index (κ2) is 10.8. The molecule has 114 valence electrons. The lowest BCUT2D eigenvalue weighted by Gasteiger charge is -2.19. The van der Waals surface area contributed by atoms with Gasteiger partial charge in [-0.25, -0.2) is 0 Å². The molecule has 1 aromatic heterocycles. The van der Waals surface area contributed by atoms with Crippen molar-refractivity contribution < 1.29 is 0 Å². The van der Waals surface area contributed by atoms with Crippen molar-refractivity contribution in [1.29, 1.82) is 0 Å². The van der Waals surface area contributed by atoms with E-state index in [2.05, 4.69) is 36.0 Å². The second-order valence-corrected chi connectivity index (χ2v) is 5.78. The van der Waals surface area contributed by atoms with E-state index in [0.717, 1.165) is 25.4 Å². The summed E-state index contributed by atoms with van der Waals surface area (Å²) in [5.41, 5.74) is 7.06. The van der Waals surface area contributed by atoms with E-state index in [0.29, 0.717) is 0 Å². The van der Waals surface area contributed by atoms with E-state index >= 15 is 0 Å². The predicted molar refractivity (Wildman–Crippen MR) is 86.7 cm³/mol. The maximum Gasteiger partial charge on any atom is 0.0270 e. The minimum atomic E-state index is 0.832. The Balaban J connectivity index is 2.14. The first kappa shape index (κ1) is 17.1. The molecule has 1 rings (SSSR count). The highest BCUT2D eigenvalue weighted by Gasteiger charge is 2.07. The molecule has 1 heterocycles. The Kier molecular flexibility index (Phi) is 9.25. The quantitative estimate of drug-likeness (QED) is 0.676. The van der Waals surface area contributed by atoms with Crippen LogP contribution in [0.4, 0.5) is 0 Å². The maximum atomic E-state index is 5.69. The molecule has 0 bridgehead atoms. The van der Waals surface area contributed by atoms with Crippen molar-refractivity contribution >= 4 is 0 Å². The number of aromatic nitrogens is 1. The topological polar surface area (TPSA) is 42.1 Å². The van der Waals surface area contributed by atoms with E-state index in [1.165, 1.54) is 44.2 Å². The van der Waals surface area contributed by atoms with Crippen LogP contribution in [0.5, 0.6) is 0 Å². The summed E-state index contributed by atoms with van der Waals surface area (Å²) in [6, 6.07) is 4.21. The molecule has 0 fully saturated rings. The monoisotopic (exact) mass is 277 g/mol. The Morgan fingerprint density at radius 1 is 1.15 bits per heavy atom. The first-order valence-electron chi connectivity index (χ1n) is 8.03. The third-order valence-corrected chi connectivity index (χ3v) is 3.96. The Morgan fingerprint density at radius 2 is 1.90 bits per heavy atom. The van der Waals surface area contributed by atoms with Gasteiger partial charge in [-0.2, -0.15) is 0 Å². The molecule has 1 unspecified atom stereocenters. The van der Waals surface area contributed by atoms with Gasteiger partial charge in [0.2, 0.25) is 0 Å². The van der Waals surface area contributed by atoms with Crippen LogP contribution in [-0.4, -0.2) is 36.6 Å². The molecule has 0 saturated carbocycles. The zero-order valence-corrected chi connectivity index (χ0v) is 13.2. The van der Waals surface area contributed by atoms with Crippen LogP contribution in [0.1, 0.15) is 44.6 Å². The minimum absolute atomic E-state index is 0.832. The molecule has 20 heavy (non-hydrogen) atoms. The smallest absolute Gasteiger partial charge is 0.0270 e. The van der Waals surface area contributed by atoms with E-state index in [4.69, 9.17) is 5.73 Å². The normalized spacial score (nSPS) is 12.8. The second-order valence-electron chi connectivity index (χ2n) is 5.78. The van der Waals surface area contributed by atoms with Crippen LogP contribution >= 0.6 is 0 Å². The van der Waals surface area contributed by atoms with Gasteiger partial charge in [0.05, 0.1) is 0 Å². The van der Waals surface area contributed by atoms with Crippen LogP contribution in [0.2, 0.25) is 0 Å². The molecule has 0 aliphatic heterocycles. The first-order chi connectivity index (χ1) is 9.76. The van der Waals surface area contributed by atoms with Gasteiger partial charge in [-0.1, -0.05) is 19.8 Å². The molecule has 0 aliphatic carbocycles. The summed E-state index contributed by atoms with van der Waals surface area (Å²) in [7, 11) is 2.22. The van der Waals surface area contributed by atoms with Crippen LogP contribution < -0.4 is 5.73 Å². The lowest BCUT2D eigenvalue weighted by atomic mass is 9.94. The summed E-state index contributed by atoms with van der Waals surface area (Å²) in [5, 5.41) is 0. The van der Waals surface area contributed by atoms with E-state index in [1.807, 2.05) is 12.4 Å². The average Bonchev–Trinajstić information content (AvgIpc) is 2.47. The molecule has 0 aromatic carbocycles. The van der Waals surface area contributed by atoms with Crippen LogP contribution in [0.3, 0.4) is 0 Å².